The lowest BCUT2D eigenvalue weighted by Gasteiger charge is -2.24. The topological polar surface area (TPSA) is 56.0 Å². The summed E-state index contributed by atoms with van der Waals surface area (Å²) in [7, 11) is 1.76. The summed E-state index contributed by atoms with van der Waals surface area (Å²) in [5.41, 5.74) is 3.40. The molecule has 1 aliphatic rings. The van der Waals surface area contributed by atoms with Crippen LogP contribution in [0, 0.1) is 0 Å². The third-order valence-corrected chi connectivity index (χ3v) is 4.59. The number of carbonyl (C=O) groups excluding carboxylic acids is 1. The number of amides is 1. The van der Waals surface area contributed by atoms with Gasteiger partial charge in [-0.2, -0.15) is 0 Å². The molecular weight excluding hydrogens is 290 g/mol. The van der Waals surface area contributed by atoms with Gasteiger partial charge >= 0.3 is 5.69 Å². The van der Waals surface area contributed by atoms with Gasteiger partial charge in [-0.15, -0.1) is 0 Å². The molecule has 0 aliphatic carbocycles. The van der Waals surface area contributed by atoms with Crippen molar-refractivity contribution in [3.8, 4) is 0 Å². The van der Waals surface area contributed by atoms with Gasteiger partial charge in [-0.3, -0.25) is 13.9 Å². The SMILES string of the molecule is C=C1CC[C@H](n2c(=O)n(C)c3cc(C(C)(C)C)ccc32)C(=O)N1. The van der Waals surface area contributed by atoms with Crippen molar-refractivity contribution in [2.45, 2.75) is 45.1 Å². The summed E-state index contributed by atoms with van der Waals surface area (Å²) in [6.07, 6.45) is 1.30. The van der Waals surface area contributed by atoms with E-state index in [2.05, 4.69) is 32.7 Å². The average molecular weight is 313 g/mol. The van der Waals surface area contributed by atoms with Crippen LogP contribution in [0.25, 0.3) is 11.0 Å². The highest BCUT2D eigenvalue weighted by atomic mass is 16.2. The van der Waals surface area contributed by atoms with Crippen molar-refractivity contribution in [3.05, 3.63) is 46.5 Å². The lowest BCUT2D eigenvalue weighted by molar-refractivity contribution is -0.124. The van der Waals surface area contributed by atoms with Crippen LogP contribution in [0.2, 0.25) is 0 Å². The minimum Gasteiger partial charge on any atom is -0.329 e. The van der Waals surface area contributed by atoms with Gasteiger partial charge in [0.1, 0.15) is 6.04 Å². The van der Waals surface area contributed by atoms with E-state index in [4.69, 9.17) is 0 Å². The Kier molecular flexibility index (Phi) is 3.47. The summed E-state index contributed by atoms with van der Waals surface area (Å²) in [4.78, 5) is 25.0. The molecule has 0 saturated carbocycles. The molecule has 0 radical (unpaired) electrons. The number of rotatable bonds is 1. The number of fused-ring (bicyclic) bond motifs is 1. The number of imidazole rings is 1. The molecule has 0 spiro atoms. The van der Waals surface area contributed by atoms with Crippen molar-refractivity contribution in [3.63, 3.8) is 0 Å². The highest BCUT2D eigenvalue weighted by Crippen LogP contribution is 2.29. The molecule has 2 aromatic rings. The van der Waals surface area contributed by atoms with Gasteiger partial charge in [0.25, 0.3) is 0 Å². The van der Waals surface area contributed by atoms with Gasteiger partial charge < -0.3 is 5.32 Å². The van der Waals surface area contributed by atoms with Crippen LogP contribution in [0.1, 0.15) is 45.2 Å². The van der Waals surface area contributed by atoms with Crippen LogP contribution in [0.3, 0.4) is 0 Å². The number of benzene rings is 1. The molecule has 2 heterocycles. The Labute approximate surface area is 135 Å². The first-order valence-electron chi connectivity index (χ1n) is 7.90. The number of hydrogen-bond acceptors (Lipinski definition) is 2. The summed E-state index contributed by atoms with van der Waals surface area (Å²) in [6.45, 7) is 10.2. The third-order valence-electron chi connectivity index (χ3n) is 4.59. The molecule has 1 N–H and O–H groups in total. The zero-order valence-electron chi connectivity index (χ0n) is 14.1. The van der Waals surface area contributed by atoms with Gasteiger partial charge in [-0.05, 0) is 36.0 Å². The molecule has 1 aromatic heterocycles. The molecule has 0 bridgehead atoms. The molecule has 1 fully saturated rings. The summed E-state index contributed by atoms with van der Waals surface area (Å²) in [5, 5.41) is 2.76. The van der Waals surface area contributed by atoms with Crippen LogP contribution < -0.4 is 11.0 Å². The van der Waals surface area contributed by atoms with Crippen molar-refractivity contribution in [1.82, 2.24) is 14.5 Å². The van der Waals surface area contributed by atoms with Crippen LogP contribution in [0.4, 0.5) is 0 Å². The Balaban J connectivity index is 2.19. The number of aromatic nitrogens is 2. The first-order chi connectivity index (χ1) is 10.7. The number of piperidine rings is 1. The second kappa shape index (κ2) is 5.11. The minimum absolute atomic E-state index is 0.00624. The Morgan fingerprint density at radius 3 is 2.52 bits per heavy atom. The van der Waals surface area contributed by atoms with Gasteiger partial charge in [-0.25, -0.2) is 4.79 Å². The van der Waals surface area contributed by atoms with E-state index in [0.717, 1.165) is 16.7 Å². The largest absolute Gasteiger partial charge is 0.329 e. The highest BCUT2D eigenvalue weighted by Gasteiger charge is 2.29. The molecular formula is C18H23N3O2. The zero-order chi connectivity index (χ0) is 16.9. The van der Waals surface area contributed by atoms with Crippen molar-refractivity contribution >= 4 is 16.9 Å². The molecule has 1 aliphatic heterocycles. The average Bonchev–Trinajstić information content (AvgIpc) is 2.71. The van der Waals surface area contributed by atoms with E-state index in [1.807, 2.05) is 18.2 Å². The van der Waals surface area contributed by atoms with Crippen LogP contribution in [0.15, 0.2) is 35.3 Å². The molecule has 0 unspecified atom stereocenters. The fourth-order valence-corrected chi connectivity index (χ4v) is 3.14. The van der Waals surface area contributed by atoms with E-state index >= 15 is 0 Å². The summed E-state index contributed by atoms with van der Waals surface area (Å²) < 4.78 is 3.24. The Morgan fingerprint density at radius 1 is 1.22 bits per heavy atom. The van der Waals surface area contributed by atoms with E-state index in [-0.39, 0.29) is 17.0 Å². The van der Waals surface area contributed by atoms with Crippen LogP contribution in [-0.2, 0) is 17.3 Å². The quantitative estimate of drug-likeness (QED) is 0.880. The molecule has 23 heavy (non-hydrogen) atoms. The first-order valence-corrected chi connectivity index (χ1v) is 7.90. The van der Waals surface area contributed by atoms with Crippen molar-refractivity contribution < 1.29 is 4.79 Å². The number of hydrogen-bond donors (Lipinski definition) is 1. The van der Waals surface area contributed by atoms with Crippen LogP contribution in [0.5, 0.6) is 0 Å². The second-order valence-corrected chi connectivity index (χ2v) is 7.31. The maximum atomic E-state index is 12.7. The van der Waals surface area contributed by atoms with Gasteiger partial charge in [0.2, 0.25) is 5.91 Å². The number of aryl methyl sites for hydroxylation is 1. The third kappa shape index (κ3) is 2.50. The zero-order valence-corrected chi connectivity index (χ0v) is 14.1. The first kappa shape index (κ1) is 15.6. The lowest BCUT2D eigenvalue weighted by atomic mass is 9.87. The fourth-order valence-electron chi connectivity index (χ4n) is 3.14. The molecule has 5 heteroatoms. The molecule has 1 amide bonds. The number of carbonyl (C=O) groups is 1. The van der Waals surface area contributed by atoms with E-state index in [1.54, 1.807) is 16.2 Å². The Bertz CT molecular complexity index is 865. The normalized spacial score (nSPS) is 19.2. The monoisotopic (exact) mass is 313 g/mol. The maximum Gasteiger partial charge on any atom is 0.329 e. The molecule has 122 valence electrons. The highest BCUT2D eigenvalue weighted by molar-refractivity contribution is 5.86. The molecule has 1 saturated heterocycles. The van der Waals surface area contributed by atoms with Crippen LogP contribution in [-0.4, -0.2) is 15.0 Å². The second-order valence-electron chi connectivity index (χ2n) is 7.31. The summed E-state index contributed by atoms with van der Waals surface area (Å²) in [5.74, 6) is -0.157. The molecule has 1 aromatic carbocycles. The molecule has 1 atom stereocenters. The smallest absolute Gasteiger partial charge is 0.329 e. The Hall–Kier alpha value is -2.30. The lowest BCUT2D eigenvalue weighted by Crippen LogP contribution is -2.40. The number of nitrogens with one attached hydrogen (secondary N) is 1. The molecule has 3 rings (SSSR count). The van der Waals surface area contributed by atoms with E-state index in [1.165, 1.54) is 5.56 Å². The Morgan fingerprint density at radius 2 is 1.91 bits per heavy atom. The van der Waals surface area contributed by atoms with Gasteiger partial charge in [0.05, 0.1) is 11.0 Å². The molecule has 5 nitrogen and oxygen atoms in total. The van der Waals surface area contributed by atoms with E-state index in [0.29, 0.717) is 12.8 Å². The summed E-state index contributed by atoms with van der Waals surface area (Å²) in [6, 6.07) is 5.57. The van der Waals surface area contributed by atoms with Gasteiger partial charge in [-0.1, -0.05) is 33.4 Å². The van der Waals surface area contributed by atoms with E-state index in [9.17, 15) is 9.59 Å². The number of allylic oxidation sites excluding steroid dienone is 1. The van der Waals surface area contributed by atoms with Crippen molar-refractivity contribution in [1.29, 1.82) is 0 Å². The predicted octanol–water partition coefficient (Wildman–Crippen LogP) is 2.60. The van der Waals surface area contributed by atoms with Crippen molar-refractivity contribution in [2.75, 3.05) is 0 Å². The van der Waals surface area contributed by atoms with E-state index < -0.39 is 6.04 Å². The standard InChI is InChI=1S/C18H23N3O2/c1-11-6-8-14(16(22)19-11)21-13-9-7-12(18(2,3)4)10-15(13)20(5)17(21)23/h7,9-10,14H,1,6,8H2,2-5H3,(H,19,22)/t14-/m0/s1. The number of nitrogens with zero attached hydrogens (tertiary/aromatic N) is 2. The minimum atomic E-state index is -0.475. The van der Waals surface area contributed by atoms with Crippen molar-refractivity contribution in [2.24, 2.45) is 7.05 Å². The maximum absolute atomic E-state index is 12.7. The van der Waals surface area contributed by atoms with Gasteiger partial charge in [0.15, 0.2) is 0 Å². The fraction of sp³-hybridized carbons (Fsp3) is 0.444. The predicted molar refractivity (Wildman–Crippen MR) is 91.4 cm³/mol. The van der Waals surface area contributed by atoms with Crippen LogP contribution >= 0.6 is 0 Å². The summed E-state index contributed by atoms with van der Waals surface area (Å²) >= 11 is 0. The van der Waals surface area contributed by atoms with Gasteiger partial charge in [0, 0.05) is 12.7 Å².